The summed E-state index contributed by atoms with van der Waals surface area (Å²) in [5.41, 5.74) is 3.88. The van der Waals surface area contributed by atoms with Gasteiger partial charge in [0.15, 0.2) is 0 Å². The lowest BCUT2D eigenvalue weighted by atomic mass is 10.1. The van der Waals surface area contributed by atoms with Crippen LogP contribution in [0.5, 0.6) is 5.75 Å². The fourth-order valence-corrected chi connectivity index (χ4v) is 2.92. The number of amides is 2. The first kappa shape index (κ1) is 19.5. The molecular formula is C21H26N2O3. The molecule has 0 aliphatic rings. The van der Waals surface area contributed by atoms with Crippen molar-refractivity contribution in [1.82, 2.24) is 5.32 Å². The van der Waals surface area contributed by atoms with Crippen molar-refractivity contribution in [3.8, 4) is 5.75 Å². The molecule has 26 heavy (non-hydrogen) atoms. The number of benzene rings is 2. The van der Waals surface area contributed by atoms with Crippen molar-refractivity contribution in [3.05, 3.63) is 59.2 Å². The number of nitrogens with zero attached hydrogens (tertiary/aromatic N) is 1. The fraction of sp³-hybridized carbons (Fsp3) is 0.333. The van der Waals surface area contributed by atoms with Crippen LogP contribution in [-0.2, 0) is 16.0 Å². The first-order valence-corrected chi connectivity index (χ1v) is 8.66. The largest absolute Gasteiger partial charge is 0.497 e. The van der Waals surface area contributed by atoms with Crippen LogP contribution in [0.15, 0.2) is 42.5 Å². The fourth-order valence-electron chi connectivity index (χ4n) is 2.92. The average molecular weight is 354 g/mol. The van der Waals surface area contributed by atoms with Crippen LogP contribution in [0.2, 0.25) is 0 Å². The van der Waals surface area contributed by atoms with Crippen molar-refractivity contribution in [1.29, 1.82) is 0 Å². The van der Waals surface area contributed by atoms with Gasteiger partial charge in [-0.1, -0.05) is 30.3 Å². The molecule has 0 saturated heterocycles. The number of rotatable bonds is 7. The highest BCUT2D eigenvalue weighted by Gasteiger charge is 2.19. The summed E-state index contributed by atoms with van der Waals surface area (Å²) >= 11 is 0. The Morgan fingerprint density at radius 1 is 1.04 bits per heavy atom. The molecule has 0 atom stereocenters. The predicted molar refractivity (Wildman–Crippen MR) is 104 cm³/mol. The molecule has 0 spiro atoms. The second-order valence-electron chi connectivity index (χ2n) is 6.29. The maximum atomic E-state index is 12.3. The van der Waals surface area contributed by atoms with E-state index in [1.54, 1.807) is 7.11 Å². The Morgan fingerprint density at radius 2 is 1.65 bits per heavy atom. The zero-order valence-electron chi connectivity index (χ0n) is 15.8. The van der Waals surface area contributed by atoms with Crippen molar-refractivity contribution in [2.45, 2.75) is 27.2 Å². The van der Waals surface area contributed by atoms with Crippen LogP contribution in [-0.4, -0.2) is 32.0 Å². The van der Waals surface area contributed by atoms with Gasteiger partial charge in [0.2, 0.25) is 11.8 Å². The van der Waals surface area contributed by atoms with E-state index in [0.29, 0.717) is 6.54 Å². The lowest BCUT2D eigenvalue weighted by Gasteiger charge is -2.24. The van der Waals surface area contributed by atoms with Gasteiger partial charge in [-0.3, -0.25) is 9.59 Å². The smallest absolute Gasteiger partial charge is 0.240 e. The molecule has 5 heteroatoms. The van der Waals surface area contributed by atoms with Gasteiger partial charge in [-0.2, -0.15) is 0 Å². The SMILES string of the molecule is COc1ccc(CCNC(=O)CN(C(C)=O)c2c(C)cccc2C)cc1. The minimum absolute atomic E-state index is 0.0175. The van der Waals surface area contributed by atoms with Crippen LogP contribution in [0, 0.1) is 13.8 Å². The Bertz CT molecular complexity index is 749. The molecule has 138 valence electrons. The number of hydrogen-bond donors (Lipinski definition) is 1. The van der Waals surface area contributed by atoms with Gasteiger partial charge in [0, 0.05) is 13.5 Å². The Hall–Kier alpha value is -2.82. The number of nitrogens with one attached hydrogen (secondary N) is 1. The Balaban J connectivity index is 1.94. The monoisotopic (exact) mass is 354 g/mol. The van der Waals surface area contributed by atoms with Gasteiger partial charge in [0.25, 0.3) is 0 Å². The predicted octanol–water partition coefficient (Wildman–Crippen LogP) is 3.02. The molecule has 0 heterocycles. The van der Waals surface area contributed by atoms with Gasteiger partial charge in [0.1, 0.15) is 12.3 Å². The number of carbonyl (C=O) groups excluding carboxylic acids is 2. The molecule has 2 rings (SSSR count). The topological polar surface area (TPSA) is 58.6 Å². The zero-order valence-corrected chi connectivity index (χ0v) is 15.8. The summed E-state index contributed by atoms with van der Waals surface area (Å²) < 4.78 is 5.13. The van der Waals surface area contributed by atoms with Gasteiger partial charge in [-0.05, 0) is 49.1 Å². The highest BCUT2D eigenvalue weighted by Crippen LogP contribution is 2.24. The maximum absolute atomic E-state index is 12.3. The van der Waals surface area contributed by atoms with Crippen LogP contribution in [0.1, 0.15) is 23.6 Å². The van der Waals surface area contributed by atoms with E-state index in [2.05, 4.69) is 5.32 Å². The number of anilines is 1. The molecule has 0 aliphatic heterocycles. The number of methoxy groups -OCH3 is 1. The Kier molecular flexibility index (Phi) is 6.78. The lowest BCUT2D eigenvalue weighted by molar-refractivity contribution is -0.123. The molecular weight excluding hydrogens is 328 g/mol. The second-order valence-corrected chi connectivity index (χ2v) is 6.29. The van der Waals surface area contributed by atoms with Gasteiger partial charge < -0.3 is 15.0 Å². The third-order valence-corrected chi connectivity index (χ3v) is 4.29. The standard InChI is InChI=1S/C21H26N2O3/c1-15-6-5-7-16(2)21(15)23(17(3)24)14-20(25)22-13-12-18-8-10-19(26-4)11-9-18/h5-11H,12-14H2,1-4H3,(H,22,25). The summed E-state index contributed by atoms with van der Waals surface area (Å²) in [5.74, 6) is 0.493. The van der Waals surface area contributed by atoms with Gasteiger partial charge in [-0.15, -0.1) is 0 Å². The van der Waals surface area contributed by atoms with Crippen LogP contribution >= 0.6 is 0 Å². The van der Waals surface area contributed by atoms with Crippen molar-refractivity contribution < 1.29 is 14.3 Å². The van der Waals surface area contributed by atoms with E-state index in [1.807, 2.05) is 56.3 Å². The first-order valence-electron chi connectivity index (χ1n) is 8.66. The first-order chi connectivity index (χ1) is 12.4. The average Bonchev–Trinajstić information content (AvgIpc) is 2.61. The maximum Gasteiger partial charge on any atom is 0.240 e. The van der Waals surface area contributed by atoms with E-state index in [-0.39, 0.29) is 18.4 Å². The number of para-hydroxylation sites is 1. The van der Waals surface area contributed by atoms with Crippen molar-refractivity contribution in [3.63, 3.8) is 0 Å². The van der Waals surface area contributed by atoms with Crippen LogP contribution in [0.3, 0.4) is 0 Å². The minimum Gasteiger partial charge on any atom is -0.497 e. The molecule has 0 fully saturated rings. The van der Waals surface area contributed by atoms with E-state index in [1.165, 1.54) is 11.8 Å². The second kappa shape index (κ2) is 9.04. The van der Waals surface area contributed by atoms with E-state index in [0.717, 1.165) is 34.5 Å². The van der Waals surface area contributed by atoms with E-state index in [4.69, 9.17) is 4.74 Å². The van der Waals surface area contributed by atoms with E-state index >= 15 is 0 Å². The highest BCUT2D eigenvalue weighted by atomic mass is 16.5. The molecule has 2 aromatic carbocycles. The molecule has 2 amide bonds. The number of hydrogen-bond acceptors (Lipinski definition) is 3. The highest BCUT2D eigenvalue weighted by molar-refractivity contribution is 5.98. The summed E-state index contributed by atoms with van der Waals surface area (Å²) in [6.07, 6.45) is 0.721. The molecule has 0 unspecified atom stereocenters. The third kappa shape index (κ3) is 5.09. The molecule has 0 saturated carbocycles. The van der Waals surface area contributed by atoms with Crippen LogP contribution < -0.4 is 15.0 Å². The summed E-state index contributed by atoms with van der Waals surface area (Å²) in [4.78, 5) is 25.9. The van der Waals surface area contributed by atoms with Gasteiger partial charge in [0.05, 0.1) is 12.8 Å². The number of ether oxygens (including phenoxy) is 1. The Morgan fingerprint density at radius 3 is 2.19 bits per heavy atom. The normalized spacial score (nSPS) is 10.3. The molecule has 0 bridgehead atoms. The quantitative estimate of drug-likeness (QED) is 0.831. The number of aryl methyl sites for hydroxylation is 2. The third-order valence-electron chi connectivity index (χ3n) is 4.29. The van der Waals surface area contributed by atoms with Gasteiger partial charge >= 0.3 is 0 Å². The van der Waals surface area contributed by atoms with Crippen molar-refractivity contribution >= 4 is 17.5 Å². The lowest BCUT2D eigenvalue weighted by Crippen LogP contribution is -2.41. The molecule has 2 aromatic rings. The summed E-state index contributed by atoms with van der Waals surface area (Å²) in [6, 6.07) is 13.6. The molecule has 1 N–H and O–H groups in total. The summed E-state index contributed by atoms with van der Waals surface area (Å²) in [5, 5.41) is 2.89. The molecule has 0 aromatic heterocycles. The Labute approximate surface area is 155 Å². The van der Waals surface area contributed by atoms with Crippen LogP contribution in [0.4, 0.5) is 5.69 Å². The van der Waals surface area contributed by atoms with Crippen molar-refractivity contribution in [2.24, 2.45) is 0 Å². The number of carbonyl (C=O) groups is 2. The minimum atomic E-state index is -0.170. The zero-order chi connectivity index (χ0) is 19.1. The van der Waals surface area contributed by atoms with Crippen LogP contribution in [0.25, 0.3) is 0 Å². The molecule has 5 nitrogen and oxygen atoms in total. The van der Waals surface area contributed by atoms with E-state index < -0.39 is 0 Å². The molecule has 0 aliphatic carbocycles. The van der Waals surface area contributed by atoms with Crippen molar-refractivity contribution in [2.75, 3.05) is 25.1 Å². The molecule has 0 radical (unpaired) electrons. The summed E-state index contributed by atoms with van der Waals surface area (Å²) in [6.45, 7) is 5.91. The van der Waals surface area contributed by atoms with Gasteiger partial charge in [-0.25, -0.2) is 0 Å². The summed E-state index contributed by atoms with van der Waals surface area (Å²) in [7, 11) is 1.63. The van der Waals surface area contributed by atoms with E-state index in [9.17, 15) is 9.59 Å².